The largest absolute Gasteiger partial charge is 0.416 e. The van der Waals surface area contributed by atoms with Crippen LogP contribution in [0.1, 0.15) is 21.5 Å². The summed E-state index contributed by atoms with van der Waals surface area (Å²) in [4.78, 5) is 23.9. The summed E-state index contributed by atoms with van der Waals surface area (Å²) in [5.74, 6) is 0.711. The number of rotatable bonds is 9. The van der Waals surface area contributed by atoms with Crippen LogP contribution in [0.25, 0.3) is 11.3 Å². The van der Waals surface area contributed by atoms with Crippen LogP contribution in [0, 0.1) is 6.92 Å². The molecular formula is C29H31F3N8O2. The molecule has 3 N–H and O–H groups in total. The Kier molecular flexibility index (Phi) is 8.69. The average molecular weight is 581 g/mol. The Bertz CT molecular complexity index is 1550. The molecule has 13 heteroatoms. The lowest BCUT2D eigenvalue weighted by Gasteiger charge is -2.26. The molecule has 220 valence electrons. The molecule has 1 fully saturated rings. The van der Waals surface area contributed by atoms with Gasteiger partial charge in [-0.2, -0.15) is 18.3 Å². The van der Waals surface area contributed by atoms with E-state index in [0.29, 0.717) is 28.7 Å². The summed E-state index contributed by atoms with van der Waals surface area (Å²) >= 11 is 0. The number of nitrogens with one attached hydrogen (secondary N) is 3. The molecule has 42 heavy (non-hydrogen) atoms. The molecule has 3 heterocycles. The topological polar surface area (TPSA) is 109 Å². The van der Waals surface area contributed by atoms with Gasteiger partial charge in [0.05, 0.1) is 36.2 Å². The molecule has 0 unspecified atom stereocenters. The second kappa shape index (κ2) is 12.6. The van der Waals surface area contributed by atoms with E-state index in [9.17, 15) is 18.0 Å². The summed E-state index contributed by atoms with van der Waals surface area (Å²) < 4.78 is 46.4. The predicted octanol–water partition coefficient (Wildman–Crippen LogP) is 4.94. The van der Waals surface area contributed by atoms with Crippen molar-refractivity contribution in [3.8, 4) is 11.3 Å². The number of anilines is 4. The van der Waals surface area contributed by atoms with Gasteiger partial charge in [0, 0.05) is 56.2 Å². The van der Waals surface area contributed by atoms with E-state index in [1.54, 1.807) is 36.1 Å². The van der Waals surface area contributed by atoms with Gasteiger partial charge in [0.1, 0.15) is 18.0 Å². The van der Waals surface area contributed by atoms with Gasteiger partial charge >= 0.3 is 6.18 Å². The van der Waals surface area contributed by atoms with E-state index in [1.807, 2.05) is 13.0 Å². The lowest BCUT2D eigenvalue weighted by atomic mass is 10.1. The molecule has 0 saturated carbocycles. The number of carbonyl (C=O) groups is 1. The van der Waals surface area contributed by atoms with E-state index >= 15 is 0 Å². The minimum atomic E-state index is -4.54. The second-order valence-corrected chi connectivity index (χ2v) is 9.89. The number of morpholine rings is 1. The maximum atomic E-state index is 13.1. The maximum absolute atomic E-state index is 13.1. The minimum absolute atomic E-state index is 0.0908. The van der Waals surface area contributed by atoms with Crippen molar-refractivity contribution >= 4 is 28.9 Å². The second-order valence-electron chi connectivity index (χ2n) is 9.89. The smallest absolute Gasteiger partial charge is 0.379 e. The van der Waals surface area contributed by atoms with Crippen LogP contribution in [0.2, 0.25) is 0 Å². The first-order valence-corrected chi connectivity index (χ1v) is 13.4. The number of carbonyl (C=O) groups excluding carboxylic acids is 1. The van der Waals surface area contributed by atoms with Gasteiger partial charge in [0.25, 0.3) is 5.91 Å². The van der Waals surface area contributed by atoms with Gasteiger partial charge in [-0.3, -0.25) is 14.4 Å². The summed E-state index contributed by atoms with van der Waals surface area (Å²) in [7, 11) is 1.79. The van der Waals surface area contributed by atoms with Crippen LogP contribution >= 0.6 is 0 Å². The number of aryl methyl sites for hydroxylation is 2. The van der Waals surface area contributed by atoms with E-state index in [2.05, 4.69) is 35.9 Å². The highest BCUT2D eigenvalue weighted by Gasteiger charge is 2.31. The van der Waals surface area contributed by atoms with Crippen molar-refractivity contribution in [2.24, 2.45) is 7.05 Å². The van der Waals surface area contributed by atoms with E-state index in [-0.39, 0.29) is 5.56 Å². The van der Waals surface area contributed by atoms with Crippen LogP contribution < -0.4 is 16.0 Å². The molecular weight excluding hydrogens is 549 g/mol. The zero-order valence-corrected chi connectivity index (χ0v) is 23.2. The highest BCUT2D eigenvalue weighted by atomic mass is 19.4. The molecule has 1 saturated heterocycles. The first kappa shape index (κ1) is 29.0. The van der Waals surface area contributed by atoms with E-state index in [0.717, 1.165) is 62.7 Å². The summed E-state index contributed by atoms with van der Waals surface area (Å²) in [6.07, 6.45) is -1.34. The molecule has 1 aliphatic rings. The molecule has 0 bridgehead atoms. The SMILES string of the molecule is Cc1ccc(NC(=O)c2cccc(C(F)(F)F)c2)cc1Nc1c(-c2cc(NCCN3CCOCC3)ncn2)cnn1C. The Hall–Kier alpha value is -4.49. The summed E-state index contributed by atoms with van der Waals surface area (Å²) in [6, 6.07) is 11.4. The molecule has 10 nitrogen and oxygen atoms in total. The molecule has 2 aromatic carbocycles. The number of aromatic nitrogens is 4. The molecule has 2 aromatic heterocycles. The Morgan fingerprint density at radius 1 is 1.07 bits per heavy atom. The molecule has 0 atom stereocenters. The van der Waals surface area contributed by atoms with Gasteiger partial charge in [-0.05, 0) is 42.8 Å². The average Bonchev–Trinajstić information content (AvgIpc) is 3.34. The van der Waals surface area contributed by atoms with Gasteiger partial charge in [-0.15, -0.1) is 0 Å². The quantitative estimate of drug-likeness (QED) is 0.255. The highest BCUT2D eigenvalue weighted by molar-refractivity contribution is 6.04. The van der Waals surface area contributed by atoms with E-state index < -0.39 is 17.6 Å². The first-order valence-electron chi connectivity index (χ1n) is 13.4. The first-order chi connectivity index (χ1) is 20.2. The number of hydrogen-bond acceptors (Lipinski definition) is 8. The van der Waals surface area contributed by atoms with Gasteiger partial charge in [0.2, 0.25) is 0 Å². The van der Waals surface area contributed by atoms with Crippen LogP contribution in [0.15, 0.2) is 61.1 Å². The van der Waals surface area contributed by atoms with Crippen molar-refractivity contribution in [2.45, 2.75) is 13.1 Å². The normalized spacial score (nSPS) is 14.0. The van der Waals surface area contributed by atoms with Crippen molar-refractivity contribution in [1.29, 1.82) is 0 Å². The van der Waals surface area contributed by atoms with Crippen molar-refractivity contribution in [2.75, 3.05) is 55.3 Å². The standard InChI is InChI=1S/C29H31F3N8O2/c1-19-6-7-22(37-28(41)20-4-3-5-21(14-20)29(30,31)32)15-24(19)38-27-23(17-36-39(27)2)25-16-26(35-18-34-25)33-8-9-40-10-12-42-13-11-40/h3-7,14-18,38H,8-13H2,1-2H3,(H,37,41)(H,33,34,35). The van der Waals surface area contributed by atoms with Crippen molar-refractivity contribution in [3.05, 3.63) is 77.7 Å². The number of halogens is 3. The fraction of sp³-hybridized carbons (Fsp3) is 0.310. The Morgan fingerprint density at radius 3 is 2.67 bits per heavy atom. The lowest BCUT2D eigenvalue weighted by molar-refractivity contribution is -0.137. The number of hydrogen-bond donors (Lipinski definition) is 3. The fourth-order valence-corrected chi connectivity index (χ4v) is 4.54. The molecule has 5 rings (SSSR count). The molecule has 4 aromatic rings. The Morgan fingerprint density at radius 2 is 1.88 bits per heavy atom. The number of alkyl halides is 3. The van der Waals surface area contributed by atoms with Gasteiger partial charge < -0.3 is 20.7 Å². The van der Waals surface area contributed by atoms with E-state index in [4.69, 9.17) is 4.74 Å². The minimum Gasteiger partial charge on any atom is -0.379 e. The molecule has 0 radical (unpaired) electrons. The van der Waals surface area contributed by atoms with E-state index in [1.165, 1.54) is 18.5 Å². The van der Waals surface area contributed by atoms with Crippen molar-refractivity contribution in [3.63, 3.8) is 0 Å². The van der Waals surface area contributed by atoms with Gasteiger partial charge in [0.15, 0.2) is 0 Å². The highest BCUT2D eigenvalue weighted by Crippen LogP contribution is 2.32. The summed E-state index contributed by atoms with van der Waals surface area (Å²) in [6.45, 7) is 6.83. The molecule has 1 aliphatic heterocycles. The van der Waals surface area contributed by atoms with Crippen molar-refractivity contribution < 1.29 is 22.7 Å². The predicted molar refractivity (Wildman–Crippen MR) is 154 cm³/mol. The monoisotopic (exact) mass is 580 g/mol. The van der Waals surface area contributed by atoms with Crippen LogP contribution in [0.4, 0.5) is 36.2 Å². The van der Waals surface area contributed by atoms with Crippen LogP contribution in [0.5, 0.6) is 0 Å². The third-order valence-corrected chi connectivity index (χ3v) is 6.92. The third kappa shape index (κ3) is 7.04. The van der Waals surface area contributed by atoms with Crippen molar-refractivity contribution in [1.82, 2.24) is 24.6 Å². The number of benzene rings is 2. The Balaban J connectivity index is 1.30. The molecule has 0 aliphatic carbocycles. The number of amides is 1. The maximum Gasteiger partial charge on any atom is 0.416 e. The van der Waals surface area contributed by atoms with Crippen LogP contribution in [-0.2, 0) is 18.0 Å². The van der Waals surface area contributed by atoms with Gasteiger partial charge in [-0.25, -0.2) is 9.97 Å². The van der Waals surface area contributed by atoms with Crippen LogP contribution in [-0.4, -0.2) is 69.9 Å². The summed E-state index contributed by atoms with van der Waals surface area (Å²) in [5.41, 5.74) is 2.42. The summed E-state index contributed by atoms with van der Waals surface area (Å²) in [5, 5.41) is 13.8. The third-order valence-electron chi connectivity index (χ3n) is 6.92. The van der Waals surface area contributed by atoms with Gasteiger partial charge in [-0.1, -0.05) is 12.1 Å². The lowest BCUT2D eigenvalue weighted by Crippen LogP contribution is -2.39. The number of ether oxygens (including phenoxy) is 1. The zero-order chi connectivity index (χ0) is 29.7. The van der Waals surface area contributed by atoms with Crippen LogP contribution in [0.3, 0.4) is 0 Å². The fourth-order valence-electron chi connectivity index (χ4n) is 4.54. The molecule has 1 amide bonds. The molecule has 0 spiro atoms. The number of nitrogens with zero attached hydrogens (tertiary/aromatic N) is 5. The zero-order valence-electron chi connectivity index (χ0n) is 23.2. The Labute approximate surface area is 240 Å².